The van der Waals surface area contributed by atoms with Crippen molar-refractivity contribution in [2.24, 2.45) is 10.8 Å². The summed E-state index contributed by atoms with van der Waals surface area (Å²) in [6.07, 6.45) is 0.174. The van der Waals surface area contributed by atoms with Gasteiger partial charge in [0, 0.05) is 27.5 Å². The van der Waals surface area contributed by atoms with Gasteiger partial charge in [0.15, 0.2) is 17.0 Å². The molecular weight excluding hydrogens is 480 g/mol. The van der Waals surface area contributed by atoms with Crippen LogP contribution in [0.3, 0.4) is 0 Å². The van der Waals surface area contributed by atoms with Gasteiger partial charge in [0.25, 0.3) is 0 Å². The molecule has 0 amide bonds. The minimum absolute atomic E-state index is 0.174. The van der Waals surface area contributed by atoms with Gasteiger partial charge in [-0.2, -0.15) is 0 Å². The lowest BCUT2D eigenvalue weighted by Crippen LogP contribution is -2.41. The molecule has 0 N–H and O–H groups in total. The Morgan fingerprint density at radius 2 is 1.61 bits per heavy atom. The van der Waals surface area contributed by atoms with Crippen LogP contribution in [0.25, 0.3) is 11.0 Å². The molecule has 6 rings (SSSR count). The number of rotatable bonds is 5. The van der Waals surface area contributed by atoms with E-state index < -0.39 is 34.1 Å². The third kappa shape index (κ3) is 2.73. The molecule has 1 aliphatic heterocycles. The molecule has 0 spiro atoms. The lowest BCUT2D eigenvalue weighted by Gasteiger charge is -2.23. The first-order valence-electron chi connectivity index (χ1n) is 11.6. The Bertz CT molecular complexity index is 1650. The molecule has 3 aromatic carbocycles. The number of ketones is 2. The fourth-order valence-corrected chi connectivity index (χ4v) is 6.12. The smallest absolute Gasteiger partial charge is 0.347 e. The average Bonchev–Trinajstić information content (AvgIpc) is 3.54. The molecule has 0 radical (unpaired) electrons. The SMILES string of the molecule is CC[C@@]1(C(=O)c2ccc(Cl)cc2)[C@H]2c3ccccc3OC(=O)[C@@]21C(=O)c1cc2ccccc2oc1=O. The zero-order valence-corrected chi connectivity index (χ0v) is 19.9. The number of carbonyl (C=O) groups is 3. The zero-order valence-electron chi connectivity index (χ0n) is 19.1. The largest absolute Gasteiger partial charge is 0.425 e. The summed E-state index contributed by atoms with van der Waals surface area (Å²) >= 11 is 6.03. The second-order valence-electron chi connectivity index (χ2n) is 9.14. The molecule has 2 aliphatic rings. The molecule has 1 aromatic heterocycles. The maximum atomic E-state index is 14.3. The van der Waals surface area contributed by atoms with Gasteiger partial charge in [0.1, 0.15) is 16.9 Å². The van der Waals surface area contributed by atoms with E-state index in [1.54, 1.807) is 79.7 Å². The number of fused-ring (bicyclic) bond motifs is 4. The van der Waals surface area contributed by atoms with Crippen LogP contribution in [-0.2, 0) is 4.79 Å². The second-order valence-corrected chi connectivity index (χ2v) is 9.58. The predicted octanol–water partition coefficient (Wildman–Crippen LogP) is 5.61. The number of benzene rings is 3. The molecule has 178 valence electrons. The fourth-order valence-electron chi connectivity index (χ4n) is 6.00. The number of Topliss-reactive ketones (excluding diaryl/α,β-unsaturated/α-hetero) is 2. The number of halogens is 1. The van der Waals surface area contributed by atoms with Gasteiger partial charge < -0.3 is 9.15 Å². The highest BCUT2D eigenvalue weighted by Gasteiger charge is 2.89. The van der Waals surface area contributed by atoms with Crippen LogP contribution >= 0.6 is 11.6 Å². The summed E-state index contributed by atoms with van der Waals surface area (Å²) in [7, 11) is 0. The maximum absolute atomic E-state index is 14.3. The van der Waals surface area contributed by atoms with Gasteiger partial charge in [-0.1, -0.05) is 54.9 Å². The van der Waals surface area contributed by atoms with Crippen LogP contribution in [0.4, 0.5) is 0 Å². The van der Waals surface area contributed by atoms with Gasteiger partial charge in [-0.3, -0.25) is 14.4 Å². The normalized spacial score (nSPS) is 23.9. The summed E-state index contributed by atoms with van der Waals surface area (Å²) in [4.78, 5) is 55.1. The van der Waals surface area contributed by atoms with Gasteiger partial charge in [-0.05, 0) is 48.9 Å². The summed E-state index contributed by atoms with van der Waals surface area (Å²) in [6.45, 7) is 1.76. The molecule has 0 saturated heterocycles. The van der Waals surface area contributed by atoms with E-state index in [0.717, 1.165) is 0 Å². The van der Waals surface area contributed by atoms with Crippen molar-refractivity contribution in [2.45, 2.75) is 19.3 Å². The van der Waals surface area contributed by atoms with E-state index in [1.165, 1.54) is 6.07 Å². The lowest BCUT2D eigenvalue weighted by molar-refractivity contribution is -0.140. The maximum Gasteiger partial charge on any atom is 0.347 e. The van der Waals surface area contributed by atoms with E-state index >= 15 is 0 Å². The molecule has 4 aromatic rings. The fraction of sp³-hybridized carbons (Fsp3) is 0.172. The van der Waals surface area contributed by atoms with E-state index in [9.17, 15) is 19.2 Å². The van der Waals surface area contributed by atoms with E-state index in [0.29, 0.717) is 32.9 Å². The first-order chi connectivity index (χ1) is 17.4. The van der Waals surface area contributed by atoms with Crippen molar-refractivity contribution in [1.29, 1.82) is 0 Å². The molecule has 6 nitrogen and oxygen atoms in total. The van der Waals surface area contributed by atoms with Gasteiger partial charge in [-0.15, -0.1) is 0 Å². The van der Waals surface area contributed by atoms with Gasteiger partial charge in [0.05, 0.1) is 5.41 Å². The van der Waals surface area contributed by atoms with Crippen LogP contribution in [-0.4, -0.2) is 17.5 Å². The Morgan fingerprint density at radius 3 is 2.36 bits per heavy atom. The Labute approximate surface area is 210 Å². The van der Waals surface area contributed by atoms with Gasteiger partial charge >= 0.3 is 11.6 Å². The number of ether oxygens (including phenoxy) is 1. The highest BCUT2D eigenvalue weighted by Crippen LogP contribution is 2.80. The van der Waals surface area contributed by atoms with Crippen molar-refractivity contribution in [2.75, 3.05) is 0 Å². The third-order valence-electron chi connectivity index (χ3n) is 7.61. The molecule has 3 atom stereocenters. The van der Waals surface area contributed by atoms with E-state index in [-0.39, 0.29) is 17.8 Å². The topological polar surface area (TPSA) is 90.7 Å². The summed E-state index contributed by atoms with van der Waals surface area (Å²) in [5, 5.41) is 0.986. The standard InChI is InChI=1S/C29H19ClO6/c1-2-28(24(31)16-11-13-18(30)14-12-16)23-19-8-4-6-10-22(19)36-27(34)29(23,28)25(32)20-15-17-7-3-5-9-21(17)35-26(20)33/h3-15,23H,2H2,1H3/t23-,28+,29+/m1/s1. The molecule has 0 bridgehead atoms. The van der Waals surface area contributed by atoms with Crippen LogP contribution in [0, 0.1) is 10.8 Å². The highest BCUT2D eigenvalue weighted by molar-refractivity contribution is 6.31. The van der Waals surface area contributed by atoms with Crippen molar-refractivity contribution in [1.82, 2.24) is 0 Å². The van der Waals surface area contributed by atoms with Crippen LogP contribution < -0.4 is 10.4 Å². The van der Waals surface area contributed by atoms with Crippen molar-refractivity contribution in [3.8, 4) is 5.75 Å². The summed E-state index contributed by atoms with van der Waals surface area (Å²) < 4.78 is 11.1. The minimum atomic E-state index is -1.90. The van der Waals surface area contributed by atoms with Crippen LogP contribution in [0.1, 0.15) is 45.5 Å². The number of para-hydroxylation sites is 2. The molecule has 2 heterocycles. The summed E-state index contributed by atoms with van der Waals surface area (Å²) in [5.74, 6) is -2.47. The van der Waals surface area contributed by atoms with E-state index in [4.69, 9.17) is 20.8 Å². The quantitative estimate of drug-likeness (QED) is 0.117. The lowest BCUT2D eigenvalue weighted by atomic mass is 9.79. The molecule has 1 saturated carbocycles. The Hall–Kier alpha value is -4.03. The predicted molar refractivity (Wildman–Crippen MR) is 133 cm³/mol. The summed E-state index contributed by atoms with van der Waals surface area (Å²) in [6, 6.07) is 21.4. The molecule has 36 heavy (non-hydrogen) atoms. The van der Waals surface area contributed by atoms with Gasteiger partial charge in [-0.25, -0.2) is 4.79 Å². The van der Waals surface area contributed by atoms with Crippen molar-refractivity contribution in [3.05, 3.63) is 111 Å². The molecule has 1 fully saturated rings. The number of hydrogen-bond acceptors (Lipinski definition) is 6. The number of esters is 1. The number of carbonyl (C=O) groups excluding carboxylic acids is 3. The average molecular weight is 499 g/mol. The first kappa shape index (κ1) is 22.4. The molecular formula is C29H19ClO6. The number of hydrogen-bond donors (Lipinski definition) is 0. The monoisotopic (exact) mass is 498 g/mol. The minimum Gasteiger partial charge on any atom is -0.425 e. The highest BCUT2D eigenvalue weighted by atomic mass is 35.5. The second kappa shape index (κ2) is 7.73. The Balaban J connectivity index is 1.60. The molecule has 1 aliphatic carbocycles. The Morgan fingerprint density at radius 1 is 0.917 bits per heavy atom. The van der Waals surface area contributed by atoms with Crippen LogP contribution in [0.2, 0.25) is 5.02 Å². The zero-order chi connectivity index (χ0) is 25.2. The first-order valence-corrected chi connectivity index (χ1v) is 11.9. The van der Waals surface area contributed by atoms with Crippen LogP contribution in [0.5, 0.6) is 5.75 Å². The van der Waals surface area contributed by atoms with Crippen molar-refractivity contribution < 1.29 is 23.5 Å². The van der Waals surface area contributed by atoms with Crippen LogP contribution in [0.15, 0.2) is 88.1 Å². The molecule has 7 heteroatoms. The summed E-state index contributed by atoms with van der Waals surface area (Å²) in [5.41, 5.74) is -3.27. The Kier molecular flexibility index (Phi) is 4.82. The molecule has 0 unspecified atom stereocenters. The van der Waals surface area contributed by atoms with Crippen molar-refractivity contribution in [3.63, 3.8) is 0 Å². The van der Waals surface area contributed by atoms with Crippen molar-refractivity contribution >= 4 is 40.1 Å². The van der Waals surface area contributed by atoms with E-state index in [2.05, 4.69) is 0 Å². The van der Waals surface area contributed by atoms with Gasteiger partial charge in [0.2, 0.25) is 0 Å². The third-order valence-corrected chi connectivity index (χ3v) is 7.87. The van der Waals surface area contributed by atoms with E-state index in [1.807, 2.05) is 0 Å².